The van der Waals surface area contributed by atoms with Gasteiger partial charge in [0.1, 0.15) is 0 Å². The van der Waals surface area contributed by atoms with Crippen molar-refractivity contribution in [1.29, 1.82) is 0 Å². The number of nitrogens with zero attached hydrogens (tertiary/aromatic N) is 1. The van der Waals surface area contributed by atoms with E-state index in [0.717, 1.165) is 18.2 Å². The van der Waals surface area contributed by atoms with Crippen molar-refractivity contribution < 1.29 is 19.4 Å². The van der Waals surface area contributed by atoms with Crippen LogP contribution in [0.5, 0.6) is 11.5 Å². The quantitative estimate of drug-likeness (QED) is 0.822. The van der Waals surface area contributed by atoms with Gasteiger partial charge in [0.25, 0.3) is 5.91 Å². The van der Waals surface area contributed by atoms with Crippen LogP contribution in [0.4, 0.5) is 0 Å². The van der Waals surface area contributed by atoms with Crippen LogP contribution >= 0.6 is 15.9 Å². The van der Waals surface area contributed by atoms with Crippen LogP contribution in [-0.2, 0) is 4.74 Å². The lowest BCUT2D eigenvalue weighted by atomic mass is 10.1. The third-order valence-corrected chi connectivity index (χ3v) is 3.93. The monoisotopic (exact) mass is 357 g/mol. The molecule has 0 spiro atoms. The van der Waals surface area contributed by atoms with E-state index in [9.17, 15) is 9.90 Å². The Hall–Kier alpha value is -1.27. The second-order valence-electron chi connectivity index (χ2n) is 4.91. The number of amides is 1. The molecule has 2 rings (SSSR count). The number of rotatable bonds is 5. The van der Waals surface area contributed by atoms with Gasteiger partial charge in [0.05, 0.1) is 25.4 Å². The first-order valence-electron chi connectivity index (χ1n) is 7.00. The molecule has 0 aromatic heterocycles. The smallest absolute Gasteiger partial charge is 0.257 e. The average Bonchev–Trinajstić information content (AvgIpc) is 2.53. The molecule has 0 aliphatic carbocycles. The van der Waals surface area contributed by atoms with E-state index in [1.807, 2.05) is 0 Å². The molecule has 0 saturated carbocycles. The number of hydrogen-bond acceptors (Lipinski definition) is 4. The van der Waals surface area contributed by atoms with E-state index in [-0.39, 0.29) is 23.3 Å². The van der Waals surface area contributed by atoms with Crippen molar-refractivity contribution in [2.75, 3.05) is 32.1 Å². The van der Waals surface area contributed by atoms with Gasteiger partial charge in [0.15, 0.2) is 11.5 Å². The maximum atomic E-state index is 12.5. The molecule has 1 saturated heterocycles. The highest BCUT2D eigenvalue weighted by Gasteiger charge is 2.26. The van der Waals surface area contributed by atoms with Crippen LogP contribution in [0, 0.1) is 0 Å². The van der Waals surface area contributed by atoms with Crippen LogP contribution in [0.25, 0.3) is 0 Å². The summed E-state index contributed by atoms with van der Waals surface area (Å²) in [6.07, 6.45) is 1.86. The summed E-state index contributed by atoms with van der Waals surface area (Å²) in [7, 11) is 1.47. The lowest BCUT2D eigenvalue weighted by Gasteiger charge is -2.32. The van der Waals surface area contributed by atoms with Gasteiger partial charge < -0.3 is 19.5 Å². The molecule has 0 atom stereocenters. The van der Waals surface area contributed by atoms with Crippen LogP contribution in [0.1, 0.15) is 23.2 Å². The Morgan fingerprint density at radius 3 is 2.76 bits per heavy atom. The Morgan fingerprint density at radius 1 is 1.43 bits per heavy atom. The number of halogens is 1. The Labute approximate surface area is 133 Å². The Bertz CT molecular complexity index is 487. The number of carbonyl (C=O) groups is 1. The highest BCUT2D eigenvalue weighted by molar-refractivity contribution is 9.09. The maximum Gasteiger partial charge on any atom is 0.257 e. The number of methoxy groups -OCH3 is 1. The highest BCUT2D eigenvalue weighted by Crippen LogP contribution is 2.30. The predicted octanol–water partition coefficient (Wildman–Crippen LogP) is 2.42. The fourth-order valence-corrected chi connectivity index (χ4v) is 2.65. The molecule has 1 aliphatic heterocycles. The molecule has 1 aliphatic rings. The normalized spacial score (nSPS) is 16.0. The number of piperidine rings is 1. The van der Waals surface area contributed by atoms with Crippen LogP contribution < -0.4 is 4.74 Å². The first-order chi connectivity index (χ1) is 10.2. The molecule has 1 N–H and O–H groups in total. The van der Waals surface area contributed by atoms with E-state index in [2.05, 4.69) is 15.9 Å². The second-order valence-corrected chi connectivity index (χ2v) is 5.70. The number of phenols is 1. The molecule has 1 amide bonds. The van der Waals surface area contributed by atoms with Crippen molar-refractivity contribution in [2.45, 2.75) is 18.9 Å². The summed E-state index contributed by atoms with van der Waals surface area (Å²) in [6, 6.07) is 4.96. The molecule has 1 aromatic carbocycles. The third kappa shape index (κ3) is 3.89. The third-order valence-electron chi connectivity index (χ3n) is 3.61. The summed E-state index contributed by atoms with van der Waals surface area (Å²) in [6.45, 7) is 1.97. The molecule has 0 bridgehead atoms. The number of hydrogen-bond donors (Lipinski definition) is 1. The summed E-state index contributed by atoms with van der Waals surface area (Å²) in [5.74, 6) is 0.0596. The first-order valence-corrected chi connectivity index (χ1v) is 8.12. The van der Waals surface area contributed by atoms with Gasteiger partial charge in [-0.05, 0) is 25.0 Å². The molecule has 1 heterocycles. The molecule has 0 radical (unpaired) electrons. The van der Waals surface area contributed by atoms with Crippen molar-refractivity contribution in [3.05, 3.63) is 23.8 Å². The first kappa shape index (κ1) is 16.1. The lowest BCUT2D eigenvalue weighted by Crippen LogP contribution is -2.41. The largest absolute Gasteiger partial charge is 0.504 e. The van der Waals surface area contributed by atoms with Crippen molar-refractivity contribution in [3.63, 3.8) is 0 Å². The molecule has 21 heavy (non-hydrogen) atoms. The Morgan fingerprint density at radius 2 is 2.14 bits per heavy atom. The zero-order chi connectivity index (χ0) is 15.2. The summed E-state index contributed by atoms with van der Waals surface area (Å²) >= 11 is 3.33. The summed E-state index contributed by atoms with van der Waals surface area (Å²) in [5, 5.41) is 10.9. The highest BCUT2D eigenvalue weighted by atomic mass is 79.9. The van der Waals surface area contributed by atoms with Gasteiger partial charge in [-0.2, -0.15) is 0 Å². The number of ether oxygens (including phenoxy) is 2. The van der Waals surface area contributed by atoms with Gasteiger partial charge >= 0.3 is 0 Å². The molecule has 0 unspecified atom stereocenters. The summed E-state index contributed by atoms with van der Waals surface area (Å²) in [5.41, 5.74) is 0.286. The van der Waals surface area contributed by atoms with Crippen LogP contribution in [0.3, 0.4) is 0 Å². The van der Waals surface area contributed by atoms with E-state index in [1.54, 1.807) is 23.1 Å². The molecule has 1 aromatic rings. The fourth-order valence-electron chi connectivity index (χ4n) is 2.47. The Balaban J connectivity index is 1.99. The number of aromatic hydroxyl groups is 1. The van der Waals surface area contributed by atoms with Crippen molar-refractivity contribution in [3.8, 4) is 11.5 Å². The zero-order valence-electron chi connectivity index (χ0n) is 12.0. The minimum atomic E-state index is -0.162. The van der Waals surface area contributed by atoms with Crippen molar-refractivity contribution in [1.82, 2.24) is 4.90 Å². The van der Waals surface area contributed by atoms with Gasteiger partial charge in [-0.1, -0.05) is 22.0 Å². The van der Waals surface area contributed by atoms with Crippen LogP contribution in [0.15, 0.2) is 18.2 Å². The minimum Gasteiger partial charge on any atom is -0.504 e. The number of para-hydroxylation sites is 1. The molecule has 6 heteroatoms. The van der Waals surface area contributed by atoms with Gasteiger partial charge in [-0.25, -0.2) is 0 Å². The minimum absolute atomic E-state index is 0.0948. The lowest BCUT2D eigenvalue weighted by molar-refractivity contribution is 0.0159. The number of likely N-dealkylation sites (tertiary alicyclic amines) is 1. The van der Waals surface area contributed by atoms with Crippen molar-refractivity contribution in [2.24, 2.45) is 0 Å². The molecule has 116 valence electrons. The van der Waals surface area contributed by atoms with Gasteiger partial charge in [0.2, 0.25) is 0 Å². The zero-order valence-corrected chi connectivity index (χ0v) is 13.6. The SMILES string of the molecule is COc1cccc(C(=O)N2CCC(OCCBr)CC2)c1O. The van der Waals surface area contributed by atoms with Gasteiger partial charge in [-0.3, -0.25) is 4.79 Å². The second kappa shape index (κ2) is 7.66. The Kier molecular flexibility index (Phi) is 5.87. The molecular weight excluding hydrogens is 338 g/mol. The van der Waals surface area contributed by atoms with E-state index >= 15 is 0 Å². The number of phenolic OH excluding ortho intramolecular Hbond substituents is 1. The topological polar surface area (TPSA) is 59.0 Å². The standard InChI is InChI=1S/C15H20BrNO4/c1-20-13-4-2-3-12(14(13)18)15(19)17-8-5-11(6-9-17)21-10-7-16/h2-4,11,18H,5-10H2,1H3. The average molecular weight is 358 g/mol. The van der Waals surface area contributed by atoms with E-state index in [1.165, 1.54) is 7.11 Å². The number of carbonyl (C=O) groups excluding carboxylic acids is 1. The van der Waals surface area contributed by atoms with E-state index in [0.29, 0.717) is 25.4 Å². The van der Waals surface area contributed by atoms with E-state index in [4.69, 9.17) is 9.47 Å². The van der Waals surface area contributed by atoms with Crippen molar-refractivity contribution >= 4 is 21.8 Å². The number of alkyl halides is 1. The van der Waals surface area contributed by atoms with Crippen LogP contribution in [0.2, 0.25) is 0 Å². The molecule has 5 nitrogen and oxygen atoms in total. The molecule has 1 fully saturated rings. The molecular formula is C15H20BrNO4. The van der Waals surface area contributed by atoms with E-state index < -0.39 is 0 Å². The maximum absolute atomic E-state index is 12.5. The predicted molar refractivity (Wildman–Crippen MR) is 83.3 cm³/mol. The summed E-state index contributed by atoms with van der Waals surface area (Å²) in [4.78, 5) is 14.2. The van der Waals surface area contributed by atoms with Crippen LogP contribution in [-0.4, -0.2) is 54.2 Å². The van der Waals surface area contributed by atoms with Gasteiger partial charge in [0, 0.05) is 18.4 Å². The summed E-state index contributed by atoms with van der Waals surface area (Å²) < 4.78 is 10.7. The van der Waals surface area contributed by atoms with Gasteiger partial charge in [-0.15, -0.1) is 0 Å². The number of benzene rings is 1. The fraction of sp³-hybridized carbons (Fsp3) is 0.533.